The average molecular weight is 443 g/mol. The number of likely N-dealkylation sites (tertiary alicyclic amines) is 1. The highest BCUT2D eigenvalue weighted by Crippen LogP contribution is 2.68. The number of ether oxygens (including phenoxy) is 1. The summed E-state index contributed by atoms with van der Waals surface area (Å²) in [6.45, 7) is 4.85. The topological polar surface area (TPSA) is 65.8 Å². The molecule has 3 heterocycles. The third-order valence-corrected chi connectivity index (χ3v) is 8.77. The van der Waals surface area contributed by atoms with Crippen molar-refractivity contribution in [3.63, 3.8) is 0 Å². The molecule has 2 aliphatic heterocycles. The number of para-hydroxylation sites is 1. The van der Waals surface area contributed by atoms with Gasteiger partial charge < -0.3 is 19.8 Å². The Morgan fingerprint density at radius 3 is 2.70 bits per heavy atom. The number of hydrogen-bond donors (Lipinski definition) is 2. The maximum Gasteiger partial charge on any atom is 0.166 e. The van der Waals surface area contributed by atoms with Gasteiger partial charge in [-0.2, -0.15) is 0 Å². The number of phenolic OH excluding ortho intramolecular Hbond substituents is 1. The van der Waals surface area contributed by atoms with Crippen LogP contribution in [0.4, 0.5) is 0 Å². The zero-order valence-corrected chi connectivity index (χ0v) is 19.3. The monoisotopic (exact) mass is 442 g/mol. The number of phenols is 1. The molecule has 2 aromatic carbocycles. The molecule has 0 amide bonds. The fraction of sp³-hybridized carbons (Fsp3) is 0.393. The Hall–Kier alpha value is -2.89. The molecule has 1 fully saturated rings. The number of rotatable bonds is 0. The minimum absolute atomic E-state index is 0.195. The van der Waals surface area contributed by atoms with Gasteiger partial charge in [0.05, 0.1) is 10.9 Å². The number of fused-ring (bicyclic) bond motifs is 1. The third-order valence-electron chi connectivity index (χ3n) is 8.77. The molecule has 5 nitrogen and oxygen atoms in total. The summed E-state index contributed by atoms with van der Waals surface area (Å²) in [6.07, 6.45) is 7.83. The Balaban J connectivity index is 0.000000173. The molecule has 1 saturated heterocycles. The number of hydrogen-bond acceptors (Lipinski definition) is 5. The summed E-state index contributed by atoms with van der Waals surface area (Å²) in [7, 11) is 2.19. The van der Waals surface area contributed by atoms with Crippen molar-refractivity contribution in [1.82, 2.24) is 9.88 Å². The van der Waals surface area contributed by atoms with E-state index in [1.165, 1.54) is 10.9 Å². The van der Waals surface area contributed by atoms with E-state index >= 15 is 0 Å². The summed E-state index contributed by atoms with van der Waals surface area (Å²) < 4.78 is 6.38. The molecule has 33 heavy (non-hydrogen) atoms. The lowest BCUT2D eigenvalue weighted by Gasteiger charge is -2.62. The predicted molar refractivity (Wildman–Crippen MR) is 129 cm³/mol. The molecule has 0 radical (unpaired) electrons. The zero-order valence-electron chi connectivity index (χ0n) is 19.3. The fourth-order valence-electron chi connectivity index (χ4n) is 6.87. The van der Waals surface area contributed by atoms with Crippen LogP contribution in [0.3, 0.4) is 0 Å². The molecule has 0 unspecified atom stereocenters. The van der Waals surface area contributed by atoms with Crippen LogP contribution in [-0.4, -0.2) is 50.9 Å². The smallest absolute Gasteiger partial charge is 0.166 e. The molecule has 2 bridgehead atoms. The van der Waals surface area contributed by atoms with Gasteiger partial charge >= 0.3 is 0 Å². The van der Waals surface area contributed by atoms with Crippen LogP contribution in [0.5, 0.6) is 11.5 Å². The number of benzene rings is 2. The normalized spacial score (nSPS) is 35.4. The number of aromatic hydroxyl groups is 1. The molecular formula is C28H30N2O3. The van der Waals surface area contributed by atoms with Crippen LogP contribution < -0.4 is 4.74 Å². The average Bonchev–Trinajstić information content (AvgIpc) is 3.10. The van der Waals surface area contributed by atoms with Gasteiger partial charge in [-0.3, -0.25) is 4.98 Å². The lowest BCUT2D eigenvalue weighted by Crippen LogP contribution is -2.73. The standard InChI is InChI=1S/C19H23NO3.C9H7N/c1-17(22)7-6-12-13-10-11-4-5-14(21)16-15(11)19(12,8-9-20(13)3)18(17,2)23-16;1-2-6-9-8(4-1)5-3-7-10-9/h4-7,12-13,21-22H,8-10H2,1-3H3;1-7H/t12-,13+,17-,18-,19-;/m0./s1. The number of piperidine rings is 1. The summed E-state index contributed by atoms with van der Waals surface area (Å²) in [5, 5.41) is 22.8. The summed E-state index contributed by atoms with van der Waals surface area (Å²) >= 11 is 0. The van der Waals surface area contributed by atoms with E-state index in [-0.39, 0.29) is 11.2 Å². The Kier molecular flexibility index (Phi) is 4.27. The summed E-state index contributed by atoms with van der Waals surface area (Å²) in [6, 6.07) is 16.3. The van der Waals surface area contributed by atoms with Crippen molar-refractivity contribution in [2.24, 2.45) is 5.92 Å². The van der Waals surface area contributed by atoms with Gasteiger partial charge in [-0.15, -0.1) is 0 Å². The van der Waals surface area contributed by atoms with Crippen molar-refractivity contribution in [2.45, 2.75) is 49.3 Å². The summed E-state index contributed by atoms with van der Waals surface area (Å²) in [5.74, 6) is 1.10. The molecular weight excluding hydrogens is 412 g/mol. The Morgan fingerprint density at radius 1 is 1.09 bits per heavy atom. The first-order valence-corrected chi connectivity index (χ1v) is 11.7. The van der Waals surface area contributed by atoms with E-state index in [1.807, 2.05) is 56.5 Å². The largest absolute Gasteiger partial charge is 0.504 e. The minimum Gasteiger partial charge on any atom is -0.504 e. The van der Waals surface area contributed by atoms with Crippen LogP contribution >= 0.6 is 0 Å². The molecule has 1 aromatic heterocycles. The molecule has 2 aliphatic carbocycles. The van der Waals surface area contributed by atoms with Crippen molar-refractivity contribution in [1.29, 1.82) is 0 Å². The molecule has 2 N–H and O–H groups in total. The van der Waals surface area contributed by atoms with Crippen molar-refractivity contribution < 1.29 is 14.9 Å². The van der Waals surface area contributed by atoms with E-state index in [4.69, 9.17) is 4.74 Å². The molecule has 5 heteroatoms. The third kappa shape index (κ3) is 2.58. The Bertz CT molecular complexity index is 1220. The van der Waals surface area contributed by atoms with Crippen LogP contribution in [0, 0.1) is 5.92 Å². The molecule has 3 aromatic rings. The maximum atomic E-state index is 11.2. The van der Waals surface area contributed by atoms with Crippen LogP contribution in [0.2, 0.25) is 0 Å². The molecule has 1 spiro atoms. The summed E-state index contributed by atoms with van der Waals surface area (Å²) in [4.78, 5) is 6.62. The zero-order chi connectivity index (χ0) is 23.0. The first-order chi connectivity index (χ1) is 15.8. The quantitative estimate of drug-likeness (QED) is 0.511. The van der Waals surface area contributed by atoms with Gasteiger partial charge in [-0.25, -0.2) is 0 Å². The number of pyridine rings is 1. The first-order valence-electron chi connectivity index (χ1n) is 11.7. The van der Waals surface area contributed by atoms with Crippen LogP contribution in [-0.2, 0) is 11.8 Å². The van der Waals surface area contributed by atoms with E-state index in [9.17, 15) is 10.2 Å². The first kappa shape index (κ1) is 20.7. The lowest BCUT2D eigenvalue weighted by atomic mass is 9.47. The second kappa shape index (κ2) is 6.81. The van der Waals surface area contributed by atoms with Gasteiger partial charge in [0, 0.05) is 29.1 Å². The number of nitrogens with zero attached hydrogens (tertiary/aromatic N) is 2. The minimum atomic E-state index is -1.07. The van der Waals surface area contributed by atoms with E-state index in [1.54, 1.807) is 6.07 Å². The van der Waals surface area contributed by atoms with Gasteiger partial charge in [-0.05, 0) is 64.0 Å². The number of aromatic nitrogens is 1. The van der Waals surface area contributed by atoms with Gasteiger partial charge in [0.15, 0.2) is 11.5 Å². The van der Waals surface area contributed by atoms with Gasteiger partial charge in [0.2, 0.25) is 0 Å². The summed E-state index contributed by atoms with van der Waals surface area (Å²) in [5.41, 5.74) is 1.40. The van der Waals surface area contributed by atoms with Gasteiger partial charge in [0.1, 0.15) is 11.2 Å². The van der Waals surface area contributed by atoms with Crippen molar-refractivity contribution in [3.8, 4) is 11.5 Å². The SMILES string of the molecule is CN1CC[C@]23c4c5ccc(O)c4O[C@@]2(C)[C@@](C)(O)C=C[C@H]3[C@H]1C5.c1ccc2ncccc2c1. The molecule has 7 rings (SSSR count). The number of aliphatic hydroxyl groups is 1. The molecule has 0 saturated carbocycles. The van der Waals surface area contributed by atoms with Crippen molar-refractivity contribution >= 4 is 10.9 Å². The second-order valence-electron chi connectivity index (χ2n) is 10.3. The fourth-order valence-corrected chi connectivity index (χ4v) is 6.87. The molecule has 5 atom stereocenters. The van der Waals surface area contributed by atoms with Gasteiger partial charge in [-0.1, -0.05) is 42.5 Å². The highest BCUT2D eigenvalue weighted by atomic mass is 16.5. The predicted octanol–water partition coefficient (Wildman–Crippen LogP) is 4.21. The van der Waals surface area contributed by atoms with Crippen LogP contribution in [0.25, 0.3) is 10.9 Å². The van der Waals surface area contributed by atoms with E-state index < -0.39 is 11.2 Å². The number of likely N-dealkylation sites (N-methyl/N-ethyl adjacent to an activating group) is 1. The molecule has 4 aliphatic rings. The maximum absolute atomic E-state index is 11.2. The Morgan fingerprint density at radius 2 is 1.88 bits per heavy atom. The molecule has 170 valence electrons. The van der Waals surface area contributed by atoms with E-state index in [2.05, 4.69) is 35.1 Å². The lowest BCUT2D eigenvalue weighted by molar-refractivity contribution is -0.154. The van der Waals surface area contributed by atoms with Crippen molar-refractivity contribution in [3.05, 3.63) is 78.0 Å². The Labute approximate surface area is 194 Å². The van der Waals surface area contributed by atoms with Gasteiger partial charge in [0.25, 0.3) is 0 Å². The highest BCUT2D eigenvalue weighted by molar-refractivity contribution is 5.77. The van der Waals surface area contributed by atoms with E-state index in [0.717, 1.165) is 30.5 Å². The van der Waals surface area contributed by atoms with Crippen molar-refractivity contribution in [2.75, 3.05) is 13.6 Å². The van der Waals surface area contributed by atoms with Crippen LogP contribution in [0.1, 0.15) is 31.4 Å². The highest BCUT2D eigenvalue weighted by Gasteiger charge is 2.73. The second-order valence-corrected chi connectivity index (χ2v) is 10.3. The van der Waals surface area contributed by atoms with Crippen LogP contribution in [0.15, 0.2) is 66.9 Å². The van der Waals surface area contributed by atoms with E-state index in [0.29, 0.717) is 17.7 Å².